The molecule has 4 aromatic rings. The second kappa shape index (κ2) is 8.42. The van der Waals surface area contributed by atoms with Crippen molar-refractivity contribution in [2.24, 2.45) is 0 Å². The summed E-state index contributed by atoms with van der Waals surface area (Å²) in [5.41, 5.74) is 0.564. The highest BCUT2D eigenvalue weighted by atomic mass is 32.2. The second-order valence-electron chi connectivity index (χ2n) is 7.19. The van der Waals surface area contributed by atoms with Crippen molar-refractivity contribution in [1.29, 1.82) is 5.26 Å². The Morgan fingerprint density at radius 1 is 1.03 bits per heavy atom. The van der Waals surface area contributed by atoms with E-state index in [1.165, 1.54) is 36.7 Å². The van der Waals surface area contributed by atoms with Gasteiger partial charge in [0.2, 0.25) is 0 Å². The average Bonchev–Trinajstić information content (AvgIpc) is 3.19. The predicted octanol–water partition coefficient (Wildman–Crippen LogP) is 4.87. The minimum atomic E-state index is -4.05. The first-order chi connectivity index (χ1) is 15.6. The van der Waals surface area contributed by atoms with Crippen molar-refractivity contribution >= 4 is 31.7 Å². The van der Waals surface area contributed by atoms with Crippen molar-refractivity contribution in [1.82, 2.24) is 3.97 Å². The molecular formula is C23H16F2N2O4S2. The third-order valence-corrected chi connectivity index (χ3v) is 7.65. The molecule has 4 rings (SSSR count). The lowest BCUT2D eigenvalue weighted by Crippen LogP contribution is -2.12. The molecule has 0 saturated heterocycles. The summed E-state index contributed by atoms with van der Waals surface area (Å²) in [5, 5.41) is 9.22. The van der Waals surface area contributed by atoms with Gasteiger partial charge in [-0.15, -0.1) is 0 Å². The maximum Gasteiger partial charge on any atom is 0.268 e. The maximum atomic E-state index is 15.2. The van der Waals surface area contributed by atoms with Gasteiger partial charge in [0.05, 0.1) is 31.7 Å². The molecule has 0 aliphatic carbocycles. The highest BCUT2D eigenvalue weighted by Gasteiger charge is 2.25. The van der Waals surface area contributed by atoms with E-state index in [1.54, 1.807) is 18.2 Å². The first-order valence-corrected chi connectivity index (χ1v) is 12.5. The number of hydrogen-bond donors (Lipinski definition) is 0. The molecule has 0 amide bonds. The number of halogens is 2. The first kappa shape index (κ1) is 22.6. The minimum absolute atomic E-state index is 0.0116. The fourth-order valence-electron chi connectivity index (χ4n) is 3.36. The van der Waals surface area contributed by atoms with E-state index >= 15 is 4.39 Å². The Morgan fingerprint density at radius 3 is 2.36 bits per heavy atom. The number of nitrogens with zero attached hydrogens (tertiary/aromatic N) is 2. The molecule has 1 heterocycles. The van der Waals surface area contributed by atoms with Crippen molar-refractivity contribution in [2.75, 3.05) is 6.26 Å². The van der Waals surface area contributed by atoms with E-state index in [0.717, 1.165) is 27.7 Å². The average molecular weight is 487 g/mol. The molecule has 0 aliphatic heterocycles. The van der Waals surface area contributed by atoms with E-state index in [1.807, 2.05) is 6.92 Å². The Morgan fingerprint density at radius 2 is 1.73 bits per heavy atom. The second-order valence-corrected chi connectivity index (χ2v) is 10.3. The number of rotatable bonds is 5. The van der Waals surface area contributed by atoms with Gasteiger partial charge in [0.15, 0.2) is 11.6 Å². The molecule has 0 spiro atoms. The van der Waals surface area contributed by atoms with Crippen molar-refractivity contribution in [2.45, 2.75) is 16.7 Å². The molecule has 1 atom stereocenters. The van der Waals surface area contributed by atoms with Crippen LogP contribution in [0.15, 0.2) is 70.6 Å². The molecule has 1 aromatic heterocycles. The summed E-state index contributed by atoms with van der Waals surface area (Å²) >= 11 is 0. The monoisotopic (exact) mass is 486 g/mol. The van der Waals surface area contributed by atoms with E-state index in [9.17, 15) is 17.0 Å². The molecule has 1 unspecified atom stereocenters. The van der Waals surface area contributed by atoms with Crippen LogP contribution in [-0.2, 0) is 20.8 Å². The van der Waals surface area contributed by atoms with Crippen LogP contribution in [0.4, 0.5) is 8.78 Å². The van der Waals surface area contributed by atoms with E-state index in [4.69, 9.17) is 10.00 Å². The predicted molar refractivity (Wildman–Crippen MR) is 119 cm³/mol. The van der Waals surface area contributed by atoms with Crippen LogP contribution in [0.3, 0.4) is 0 Å². The third kappa shape index (κ3) is 4.01. The molecule has 0 radical (unpaired) electrons. The van der Waals surface area contributed by atoms with Crippen LogP contribution in [0.2, 0.25) is 0 Å². The number of hydrogen-bond acceptors (Lipinski definition) is 5. The standard InChI is InChI=1S/C23H16F2N2O4S2/c1-14-3-6-17(7-4-14)33(29,30)27-10-9-18-21(27)12-20(25)22(23(18)32(2)28)31-16-5-8-19(24)15(11-16)13-26/h3-12H,1-2H3. The lowest BCUT2D eigenvalue weighted by molar-refractivity contribution is 0.430. The minimum Gasteiger partial charge on any atom is -0.453 e. The Bertz CT molecular complexity index is 1570. The van der Waals surface area contributed by atoms with Crippen LogP contribution in [0.5, 0.6) is 11.5 Å². The van der Waals surface area contributed by atoms with Gasteiger partial charge >= 0.3 is 0 Å². The SMILES string of the molecule is Cc1ccc(S(=O)(=O)n2ccc3c(S(C)=O)c(Oc4ccc(F)c(C#N)c4)c(F)cc32)cc1. The number of fused-ring (bicyclic) bond motifs is 1. The summed E-state index contributed by atoms with van der Waals surface area (Å²) in [6.07, 6.45) is 2.56. The van der Waals surface area contributed by atoms with E-state index in [2.05, 4.69) is 0 Å². The molecule has 10 heteroatoms. The van der Waals surface area contributed by atoms with Crippen molar-refractivity contribution in [3.8, 4) is 17.6 Å². The van der Waals surface area contributed by atoms with Crippen molar-refractivity contribution < 1.29 is 26.1 Å². The molecule has 0 saturated carbocycles. The number of aryl methyl sites for hydroxylation is 1. The normalized spacial score (nSPS) is 12.5. The fourth-order valence-corrected chi connectivity index (χ4v) is 5.58. The van der Waals surface area contributed by atoms with Gasteiger partial charge in [-0.05, 0) is 37.3 Å². The van der Waals surface area contributed by atoms with Gasteiger partial charge in [0, 0.05) is 30.0 Å². The van der Waals surface area contributed by atoms with Gasteiger partial charge in [-0.25, -0.2) is 21.2 Å². The Labute approximate surface area is 191 Å². The molecular weight excluding hydrogens is 470 g/mol. The Kier molecular flexibility index (Phi) is 5.78. The van der Waals surface area contributed by atoms with Crippen molar-refractivity contribution in [3.63, 3.8) is 0 Å². The van der Waals surface area contributed by atoms with Gasteiger partial charge in [0.25, 0.3) is 10.0 Å². The van der Waals surface area contributed by atoms with Crippen LogP contribution in [-0.4, -0.2) is 22.9 Å². The zero-order valence-electron chi connectivity index (χ0n) is 17.4. The van der Waals surface area contributed by atoms with Crippen LogP contribution in [0.1, 0.15) is 11.1 Å². The van der Waals surface area contributed by atoms with Crippen molar-refractivity contribution in [3.05, 3.63) is 83.6 Å². The maximum absolute atomic E-state index is 15.2. The largest absolute Gasteiger partial charge is 0.453 e. The molecule has 33 heavy (non-hydrogen) atoms. The highest BCUT2D eigenvalue weighted by Crippen LogP contribution is 2.38. The lowest BCUT2D eigenvalue weighted by atomic mass is 10.2. The first-order valence-electron chi connectivity index (χ1n) is 9.50. The third-order valence-electron chi connectivity index (χ3n) is 4.96. The fraction of sp³-hybridized carbons (Fsp3) is 0.0870. The topological polar surface area (TPSA) is 89.2 Å². The van der Waals surface area contributed by atoms with Gasteiger partial charge in [0.1, 0.15) is 17.6 Å². The summed E-state index contributed by atoms with van der Waals surface area (Å²) in [6.45, 7) is 1.82. The summed E-state index contributed by atoms with van der Waals surface area (Å²) < 4.78 is 74.2. The molecule has 168 valence electrons. The van der Waals surface area contributed by atoms with Gasteiger partial charge in [-0.3, -0.25) is 4.21 Å². The molecule has 0 bridgehead atoms. The van der Waals surface area contributed by atoms with Gasteiger partial charge in [-0.1, -0.05) is 17.7 Å². The van der Waals surface area contributed by atoms with Crippen LogP contribution in [0, 0.1) is 29.9 Å². The number of aromatic nitrogens is 1. The molecule has 0 N–H and O–H groups in total. The number of nitriles is 1. The lowest BCUT2D eigenvalue weighted by Gasteiger charge is -2.14. The number of ether oxygens (including phenoxy) is 1. The molecule has 6 nitrogen and oxygen atoms in total. The summed E-state index contributed by atoms with van der Waals surface area (Å²) in [7, 11) is -5.84. The van der Waals surface area contributed by atoms with E-state index in [-0.39, 0.29) is 32.0 Å². The van der Waals surface area contributed by atoms with Gasteiger partial charge < -0.3 is 4.74 Å². The van der Waals surface area contributed by atoms with E-state index in [0.29, 0.717) is 0 Å². The summed E-state index contributed by atoms with van der Waals surface area (Å²) in [5.74, 6) is -2.16. The molecule has 0 fully saturated rings. The summed E-state index contributed by atoms with van der Waals surface area (Å²) in [6, 6.07) is 13.5. The smallest absolute Gasteiger partial charge is 0.268 e. The summed E-state index contributed by atoms with van der Waals surface area (Å²) in [4.78, 5) is -0.0495. The van der Waals surface area contributed by atoms with Crippen LogP contribution >= 0.6 is 0 Å². The van der Waals surface area contributed by atoms with Crippen LogP contribution < -0.4 is 4.74 Å². The quantitative estimate of drug-likeness (QED) is 0.402. The van der Waals surface area contributed by atoms with Crippen LogP contribution in [0.25, 0.3) is 10.9 Å². The highest BCUT2D eigenvalue weighted by molar-refractivity contribution is 7.90. The molecule has 0 aliphatic rings. The number of benzene rings is 3. The zero-order valence-corrected chi connectivity index (χ0v) is 19.0. The van der Waals surface area contributed by atoms with E-state index < -0.39 is 38.2 Å². The van der Waals surface area contributed by atoms with Gasteiger partial charge in [-0.2, -0.15) is 5.26 Å². The molecule has 3 aromatic carbocycles. The zero-order chi connectivity index (χ0) is 23.9. The Hall–Kier alpha value is -3.55. The Balaban J connectivity index is 1.90.